The molecule has 0 atom stereocenters. The van der Waals surface area contributed by atoms with Crippen molar-refractivity contribution in [2.75, 3.05) is 317 Å². The monoisotopic (exact) mass is 1910 g/mol. The molecule has 8 heterocycles. The summed E-state index contributed by atoms with van der Waals surface area (Å²) in [5.41, 5.74) is 16.2. The molecule has 0 bridgehead atoms. The molecule has 6 aromatic carbocycles. The van der Waals surface area contributed by atoms with Crippen LogP contribution in [0.3, 0.4) is 0 Å². The van der Waals surface area contributed by atoms with Crippen LogP contribution in [0.1, 0.15) is 22.3 Å². The molecule has 0 unspecified atom stereocenters. The Hall–Kier alpha value is -7.70. The van der Waals surface area contributed by atoms with E-state index in [4.69, 9.17) is 115 Å². The van der Waals surface area contributed by atoms with Gasteiger partial charge in [-0.25, -0.2) is 19.9 Å². The molecule has 134 heavy (non-hydrogen) atoms. The molecule has 0 aliphatic carbocycles. The minimum Gasteiger partial charge on any atom is -0.418 e. The fourth-order valence-electron chi connectivity index (χ4n) is 15.1. The molecule has 4 aromatic heterocycles. The number of ether oxygens (including phenoxy) is 20. The van der Waals surface area contributed by atoms with E-state index >= 15 is 0 Å². The second-order valence-electron chi connectivity index (χ2n) is 31.9. The third-order valence-corrected chi connectivity index (χ3v) is 21.9. The Labute approximate surface area is 795 Å². The summed E-state index contributed by atoms with van der Waals surface area (Å²) >= 11 is 0. The molecule has 734 valence electrons. The van der Waals surface area contributed by atoms with E-state index in [2.05, 4.69) is 189 Å². The molecule has 0 radical (unpaired) electrons. The van der Waals surface area contributed by atoms with Crippen LogP contribution in [0, 0.1) is 0 Å². The number of fused-ring (bicyclic) bond motifs is 6. The molecule has 0 amide bonds. The van der Waals surface area contributed by atoms with Crippen molar-refractivity contribution in [2.45, 2.75) is 26.2 Å². The van der Waals surface area contributed by atoms with E-state index in [9.17, 15) is 17.3 Å². The normalized spacial score (nSPS) is 19.2. The van der Waals surface area contributed by atoms with Crippen LogP contribution in [0.4, 0.5) is 17.3 Å². The van der Waals surface area contributed by atoms with Gasteiger partial charge in [-0.15, -0.1) is 0 Å². The first-order valence-corrected chi connectivity index (χ1v) is 46.7. The van der Waals surface area contributed by atoms with Crippen LogP contribution in [0.2, 0.25) is 0 Å². The molecular formula is C100H132BCuF4N8O20. The quantitative estimate of drug-likeness (QED) is 0.0626. The van der Waals surface area contributed by atoms with Crippen LogP contribution in [0.5, 0.6) is 0 Å². The number of hydrogen-bond acceptors (Lipinski definition) is 28. The van der Waals surface area contributed by atoms with Gasteiger partial charge >= 0.3 is 24.3 Å². The van der Waals surface area contributed by atoms with Gasteiger partial charge in [0.2, 0.25) is 0 Å². The summed E-state index contributed by atoms with van der Waals surface area (Å²) in [5.74, 6) is 0. The van der Waals surface area contributed by atoms with E-state index in [0.717, 1.165) is 167 Å². The second-order valence-corrected chi connectivity index (χ2v) is 31.9. The van der Waals surface area contributed by atoms with Crippen LogP contribution in [0.25, 0.3) is 88.6 Å². The Morgan fingerprint density at radius 1 is 0.194 bits per heavy atom. The van der Waals surface area contributed by atoms with Crippen molar-refractivity contribution < 1.29 is 129 Å². The number of nitrogens with zero attached hydrogens (tertiary/aromatic N) is 8. The molecule has 34 heteroatoms. The Morgan fingerprint density at radius 3 is 0.478 bits per heavy atom. The molecule has 4 aliphatic rings. The maximum Gasteiger partial charge on any atom is 1.00 e. The molecule has 0 saturated carbocycles. The second kappa shape index (κ2) is 63.7. The van der Waals surface area contributed by atoms with Crippen LogP contribution in [-0.2, 0) is 138 Å². The van der Waals surface area contributed by atoms with E-state index in [-0.39, 0.29) is 17.1 Å². The third-order valence-electron chi connectivity index (χ3n) is 21.9. The van der Waals surface area contributed by atoms with Gasteiger partial charge in [0.25, 0.3) is 0 Å². The maximum absolute atomic E-state index is 9.75. The molecule has 28 nitrogen and oxygen atoms in total. The van der Waals surface area contributed by atoms with E-state index in [1.165, 1.54) is 22.3 Å². The largest absolute Gasteiger partial charge is 1.00 e. The van der Waals surface area contributed by atoms with Gasteiger partial charge in [-0.3, -0.25) is 19.6 Å². The van der Waals surface area contributed by atoms with Crippen LogP contribution in [-0.4, -0.2) is 363 Å². The van der Waals surface area contributed by atoms with Gasteiger partial charge in [-0.05, 0) is 70.8 Å². The summed E-state index contributed by atoms with van der Waals surface area (Å²) in [5, 5.41) is 4.20. The standard InChI is InChI=1S/2C50H66N4O10.BF4.Cu/c2*1-3-41(39-53-13-17-55-21-25-59-29-33-63-34-30-60-26-22-56-18-14-53)37-45(5-1)47-11-9-43-7-8-44-10-12-48(52-50(44)49(43)51-47)46-6-2-4-42(38-46)40-54-15-19-57-23-27-61-31-35-64-36-32-62-28-24-58-20-16-54;2-1(3,4)5;/h2*1-12,37-38H,13-36,39-40H2;;/q;;-1;+1. The zero-order valence-corrected chi connectivity index (χ0v) is 78.0. The van der Waals surface area contributed by atoms with Gasteiger partial charge in [0.1, 0.15) is 0 Å². The predicted octanol–water partition coefficient (Wildman–Crippen LogP) is 13.1. The molecule has 10 aromatic rings. The average Bonchev–Trinajstić information content (AvgIpc) is 0.772. The van der Waals surface area contributed by atoms with Crippen molar-refractivity contribution in [3.63, 3.8) is 0 Å². The summed E-state index contributed by atoms with van der Waals surface area (Å²) in [6.07, 6.45) is 0. The first-order valence-electron chi connectivity index (χ1n) is 46.7. The molecule has 4 fully saturated rings. The molecule has 4 saturated heterocycles. The van der Waals surface area contributed by atoms with Crippen LogP contribution >= 0.6 is 0 Å². The fraction of sp³-hybridized carbons (Fsp3) is 0.520. The SMILES string of the molecule is F[B-](F)(F)F.[Cu+].c1cc(CN2CCOCCOCCOCCOCCOCC2)cc(-c2ccc3ccc4ccc(-c5cccc(CN6CCOCCOCCOCCOCCOCC6)c5)nc4c3n2)c1.c1cc(CN2CCOCCOCCOCCOCCOCC2)cc(-c2ccc3ccc4ccc(-c5cccc(CN6CCOCCOCCOCCOCCOCC6)c5)nc4c3n2)c1. The van der Waals surface area contributed by atoms with Crippen molar-refractivity contribution >= 4 is 50.9 Å². The number of hydrogen-bond donors (Lipinski definition) is 0. The van der Waals surface area contributed by atoms with Crippen molar-refractivity contribution in [1.29, 1.82) is 0 Å². The maximum atomic E-state index is 9.75. The summed E-state index contributed by atoms with van der Waals surface area (Å²) in [4.78, 5) is 30.6. The minimum absolute atomic E-state index is 0. The number of rotatable bonds is 12. The average molecular weight is 1920 g/mol. The van der Waals surface area contributed by atoms with Crippen molar-refractivity contribution in [2.24, 2.45) is 0 Å². The van der Waals surface area contributed by atoms with E-state index in [1.54, 1.807) is 0 Å². The fourth-order valence-corrected chi connectivity index (χ4v) is 15.1. The van der Waals surface area contributed by atoms with Gasteiger partial charge < -0.3 is 112 Å². The molecule has 0 N–H and O–H groups in total. The smallest absolute Gasteiger partial charge is 0.418 e. The number of benzene rings is 6. The number of aromatic nitrogens is 4. The van der Waals surface area contributed by atoms with Crippen molar-refractivity contribution in [3.8, 4) is 45.0 Å². The van der Waals surface area contributed by atoms with Crippen LogP contribution in [0.15, 0.2) is 170 Å². The van der Waals surface area contributed by atoms with E-state index < -0.39 is 7.25 Å². The molecular weight excluding hydrogens is 1780 g/mol. The third kappa shape index (κ3) is 41.2. The Morgan fingerprint density at radius 2 is 0.328 bits per heavy atom. The summed E-state index contributed by atoms with van der Waals surface area (Å²) in [6.45, 7) is 31.5. The van der Waals surface area contributed by atoms with Crippen LogP contribution < -0.4 is 0 Å². The summed E-state index contributed by atoms with van der Waals surface area (Å²) in [7, 11) is -6.00. The molecule has 14 rings (SSSR count). The van der Waals surface area contributed by atoms with Gasteiger partial charge in [0.15, 0.2) is 0 Å². The number of pyridine rings is 4. The zero-order valence-electron chi connectivity index (χ0n) is 77.1. The summed E-state index contributed by atoms with van der Waals surface area (Å²) < 4.78 is 154. The van der Waals surface area contributed by atoms with Gasteiger partial charge in [0.05, 0.1) is 309 Å². The minimum atomic E-state index is -6.00. The zero-order chi connectivity index (χ0) is 91.9. The van der Waals surface area contributed by atoms with Crippen molar-refractivity contribution in [3.05, 3.63) is 192 Å². The van der Waals surface area contributed by atoms with Crippen molar-refractivity contribution in [1.82, 2.24) is 39.5 Å². The summed E-state index contributed by atoms with van der Waals surface area (Å²) in [6, 6.07) is 60.2. The topological polar surface area (TPSA) is 249 Å². The number of halogens is 4. The van der Waals surface area contributed by atoms with E-state index in [0.29, 0.717) is 264 Å². The Balaban J connectivity index is 0.000000244. The van der Waals surface area contributed by atoms with E-state index in [1.807, 2.05) is 0 Å². The van der Waals surface area contributed by atoms with Gasteiger partial charge in [-0.2, -0.15) is 0 Å². The first-order chi connectivity index (χ1) is 65.6. The van der Waals surface area contributed by atoms with Gasteiger partial charge in [0, 0.05) is 122 Å². The first kappa shape index (κ1) is 107. The van der Waals surface area contributed by atoms with Gasteiger partial charge in [-0.1, -0.05) is 121 Å². The Bertz CT molecular complexity index is 4260. The molecule has 4 aliphatic heterocycles. The molecule has 0 spiro atoms. The Kier molecular flexibility index (Phi) is 50.8. The predicted molar refractivity (Wildman–Crippen MR) is 504 cm³/mol.